The molecular weight excluding hydrogens is 286 g/mol. The summed E-state index contributed by atoms with van der Waals surface area (Å²) in [5.74, 6) is 2.02. The predicted molar refractivity (Wildman–Crippen MR) is 89.9 cm³/mol. The molecule has 3 nitrogen and oxygen atoms in total. The van der Waals surface area contributed by atoms with Gasteiger partial charge in [-0.25, -0.2) is 0 Å². The third-order valence-electron chi connectivity index (χ3n) is 3.69. The molecule has 1 N–H and O–H groups in total. The lowest BCUT2D eigenvalue weighted by Gasteiger charge is -2.28. The summed E-state index contributed by atoms with van der Waals surface area (Å²) in [6.07, 6.45) is 1.01. The van der Waals surface area contributed by atoms with Crippen LogP contribution >= 0.6 is 11.6 Å². The molecule has 1 aromatic carbocycles. The number of methoxy groups -OCH3 is 2. The fourth-order valence-corrected chi connectivity index (χ4v) is 2.67. The molecule has 0 unspecified atom stereocenters. The van der Waals surface area contributed by atoms with Crippen molar-refractivity contribution in [2.24, 2.45) is 5.92 Å². The van der Waals surface area contributed by atoms with Crippen LogP contribution in [0, 0.1) is 5.92 Å². The average Bonchev–Trinajstić information content (AvgIpc) is 2.43. The zero-order valence-corrected chi connectivity index (χ0v) is 14.8. The van der Waals surface area contributed by atoms with Gasteiger partial charge in [-0.15, -0.1) is 0 Å². The number of nitrogens with one attached hydrogen (secondary N) is 1. The van der Waals surface area contributed by atoms with Crippen molar-refractivity contribution in [1.29, 1.82) is 0 Å². The molecule has 1 rings (SSSR count). The van der Waals surface area contributed by atoms with Crippen molar-refractivity contribution in [1.82, 2.24) is 5.32 Å². The van der Waals surface area contributed by atoms with Crippen molar-refractivity contribution in [3.63, 3.8) is 0 Å². The minimum atomic E-state index is -0.0226. The summed E-state index contributed by atoms with van der Waals surface area (Å²) in [4.78, 5) is 0. The molecule has 0 saturated heterocycles. The number of benzene rings is 1. The molecular formula is C17H28ClNO2. The van der Waals surface area contributed by atoms with Crippen LogP contribution in [0.15, 0.2) is 12.1 Å². The minimum absolute atomic E-state index is 0.0226. The normalized spacial score (nSPS) is 11.8. The smallest absolute Gasteiger partial charge is 0.144 e. The van der Waals surface area contributed by atoms with Crippen LogP contribution < -0.4 is 14.8 Å². The van der Waals surface area contributed by atoms with Gasteiger partial charge in [-0.1, -0.05) is 45.4 Å². The summed E-state index contributed by atoms with van der Waals surface area (Å²) in [5, 5.41) is 4.03. The van der Waals surface area contributed by atoms with Crippen LogP contribution in [-0.2, 0) is 5.41 Å². The topological polar surface area (TPSA) is 30.5 Å². The lowest BCUT2D eigenvalue weighted by Crippen LogP contribution is -2.28. The number of rotatable bonds is 8. The first-order valence-corrected chi connectivity index (χ1v) is 7.83. The standard InChI is InChI=1S/C17H28ClNO2/c1-12(2)11-19-10-9-17(3,4)13-7-8-14(20-5)15(18)16(13)21-6/h7-8,12,19H,9-11H2,1-6H3. The van der Waals surface area contributed by atoms with Crippen molar-refractivity contribution >= 4 is 11.6 Å². The van der Waals surface area contributed by atoms with E-state index in [1.807, 2.05) is 12.1 Å². The summed E-state index contributed by atoms with van der Waals surface area (Å²) in [5.41, 5.74) is 1.09. The van der Waals surface area contributed by atoms with Gasteiger partial charge in [0.2, 0.25) is 0 Å². The van der Waals surface area contributed by atoms with Crippen LogP contribution in [0.5, 0.6) is 11.5 Å². The Hall–Kier alpha value is -0.930. The SMILES string of the molecule is COc1ccc(C(C)(C)CCNCC(C)C)c(OC)c1Cl. The Balaban J connectivity index is 2.89. The quantitative estimate of drug-likeness (QED) is 0.727. The zero-order valence-electron chi connectivity index (χ0n) is 14.0. The van der Waals surface area contributed by atoms with Gasteiger partial charge in [-0.3, -0.25) is 0 Å². The molecule has 0 atom stereocenters. The lowest BCUT2D eigenvalue weighted by molar-refractivity contribution is 0.371. The Kier molecular flexibility index (Phi) is 6.82. The van der Waals surface area contributed by atoms with Gasteiger partial charge < -0.3 is 14.8 Å². The fraction of sp³-hybridized carbons (Fsp3) is 0.647. The van der Waals surface area contributed by atoms with Crippen molar-refractivity contribution < 1.29 is 9.47 Å². The summed E-state index contributed by atoms with van der Waals surface area (Å²) in [7, 11) is 3.26. The highest BCUT2D eigenvalue weighted by Gasteiger charge is 2.26. The van der Waals surface area contributed by atoms with E-state index in [0.717, 1.165) is 25.1 Å². The summed E-state index contributed by atoms with van der Waals surface area (Å²) in [6, 6.07) is 3.95. The van der Waals surface area contributed by atoms with Crippen LogP contribution in [0.3, 0.4) is 0 Å². The summed E-state index contributed by atoms with van der Waals surface area (Å²) < 4.78 is 10.8. The van der Waals surface area contributed by atoms with Crippen molar-refractivity contribution in [2.45, 2.75) is 39.5 Å². The van der Waals surface area contributed by atoms with Crippen LogP contribution in [0.25, 0.3) is 0 Å². The van der Waals surface area contributed by atoms with Gasteiger partial charge >= 0.3 is 0 Å². The van der Waals surface area contributed by atoms with Crippen molar-refractivity contribution in [2.75, 3.05) is 27.3 Å². The van der Waals surface area contributed by atoms with Gasteiger partial charge in [0.25, 0.3) is 0 Å². The van der Waals surface area contributed by atoms with E-state index in [9.17, 15) is 0 Å². The van der Waals surface area contributed by atoms with E-state index in [2.05, 4.69) is 33.0 Å². The molecule has 1 aromatic rings. The number of halogens is 1. The molecule has 0 spiro atoms. The maximum absolute atomic E-state index is 6.36. The van der Waals surface area contributed by atoms with Crippen LogP contribution in [0.1, 0.15) is 39.7 Å². The first kappa shape index (κ1) is 18.1. The van der Waals surface area contributed by atoms with Gasteiger partial charge in [0.05, 0.1) is 14.2 Å². The van der Waals surface area contributed by atoms with E-state index < -0.39 is 0 Å². The molecule has 0 radical (unpaired) electrons. The second kappa shape index (κ2) is 7.90. The van der Waals surface area contributed by atoms with E-state index in [-0.39, 0.29) is 5.41 Å². The Morgan fingerprint density at radius 1 is 1.19 bits per heavy atom. The fourth-order valence-electron chi connectivity index (χ4n) is 2.35. The zero-order chi connectivity index (χ0) is 16.0. The molecule has 0 aliphatic carbocycles. The van der Waals surface area contributed by atoms with Gasteiger partial charge in [-0.2, -0.15) is 0 Å². The van der Waals surface area contributed by atoms with Gasteiger partial charge in [0, 0.05) is 5.56 Å². The summed E-state index contributed by atoms with van der Waals surface area (Å²) in [6.45, 7) is 10.9. The van der Waals surface area contributed by atoms with E-state index in [1.165, 1.54) is 0 Å². The first-order chi connectivity index (χ1) is 9.83. The molecule has 120 valence electrons. The van der Waals surface area contributed by atoms with Gasteiger partial charge in [-0.05, 0) is 36.9 Å². The molecule has 0 aliphatic rings. The maximum Gasteiger partial charge on any atom is 0.144 e. The molecule has 0 fully saturated rings. The monoisotopic (exact) mass is 313 g/mol. The number of ether oxygens (including phenoxy) is 2. The van der Waals surface area contributed by atoms with Crippen molar-refractivity contribution in [3.8, 4) is 11.5 Å². The molecule has 21 heavy (non-hydrogen) atoms. The third kappa shape index (κ3) is 4.79. The van der Waals surface area contributed by atoms with E-state index >= 15 is 0 Å². The highest BCUT2D eigenvalue weighted by molar-refractivity contribution is 6.33. The molecule has 0 heterocycles. The van der Waals surface area contributed by atoms with E-state index in [0.29, 0.717) is 22.4 Å². The molecule has 0 aromatic heterocycles. The van der Waals surface area contributed by atoms with Crippen LogP contribution in [0.4, 0.5) is 0 Å². The van der Waals surface area contributed by atoms with Gasteiger partial charge in [0.15, 0.2) is 0 Å². The Morgan fingerprint density at radius 2 is 1.86 bits per heavy atom. The van der Waals surface area contributed by atoms with Crippen LogP contribution in [0.2, 0.25) is 5.02 Å². The highest BCUT2D eigenvalue weighted by Crippen LogP contribution is 2.42. The number of hydrogen-bond acceptors (Lipinski definition) is 3. The van der Waals surface area contributed by atoms with Crippen molar-refractivity contribution in [3.05, 3.63) is 22.7 Å². The van der Waals surface area contributed by atoms with Gasteiger partial charge in [0.1, 0.15) is 16.5 Å². The Labute approximate surface area is 134 Å². The number of hydrogen-bond donors (Lipinski definition) is 1. The lowest BCUT2D eigenvalue weighted by atomic mass is 9.81. The maximum atomic E-state index is 6.36. The summed E-state index contributed by atoms with van der Waals surface area (Å²) >= 11 is 6.36. The van der Waals surface area contributed by atoms with Crippen LogP contribution in [-0.4, -0.2) is 27.3 Å². The molecule has 0 saturated carbocycles. The van der Waals surface area contributed by atoms with E-state index in [1.54, 1.807) is 14.2 Å². The molecule has 0 bridgehead atoms. The Morgan fingerprint density at radius 3 is 2.38 bits per heavy atom. The minimum Gasteiger partial charge on any atom is -0.495 e. The molecule has 0 amide bonds. The predicted octanol–water partition coefficient (Wildman–Crippen LogP) is 4.27. The van der Waals surface area contributed by atoms with E-state index in [4.69, 9.17) is 21.1 Å². The molecule has 4 heteroatoms. The average molecular weight is 314 g/mol. The largest absolute Gasteiger partial charge is 0.495 e. The highest BCUT2D eigenvalue weighted by atomic mass is 35.5. The third-order valence-corrected chi connectivity index (χ3v) is 4.05. The second-order valence-electron chi connectivity index (χ2n) is 6.39. The Bertz CT molecular complexity index is 458. The molecule has 0 aliphatic heterocycles. The first-order valence-electron chi connectivity index (χ1n) is 7.45. The second-order valence-corrected chi connectivity index (χ2v) is 6.77.